The summed E-state index contributed by atoms with van der Waals surface area (Å²) in [4.78, 5) is 22.8. The Kier molecular flexibility index (Phi) is 8.72. The van der Waals surface area contributed by atoms with Gasteiger partial charge < -0.3 is 15.2 Å². The molecule has 22 heavy (non-hydrogen) atoms. The number of aliphatic carboxylic acids is 1. The minimum atomic E-state index is -1.02. The largest absolute Gasteiger partial charge is 0.480 e. The number of carbonyl (C=O) groups is 2. The van der Waals surface area contributed by atoms with Gasteiger partial charge in [-0.15, -0.1) is 0 Å². The summed E-state index contributed by atoms with van der Waals surface area (Å²) in [6, 6.07) is 8.39. The molecule has 5 nitrogen and oxygen atoms in total. The van der Waals surface area contributed by atoms with Crippen LogP contribution in [0.25, 0.3) is 0 Å². The number of hydrogen-bond donors (Lipinski definition) is 2. The van der Waals surface area contributed by atoms with Crippen molar-refractivity contribution < 1.29 is 19.4 Å². The number of rotatable bonds is 10. The molecule has 1 atom stereocenters. The number of hydrogen-bond acceptors (Lipinski definition) is 3. The van der Waals surface area contributed by atoms with Crippen LogP contribution in [0.1, 0.15) is 51.0 Å². The Balaban J connectivity index is 2.29. The highest BCUT2D eigenvalue weighted by molar-refractivity contribution is 5.79. The van der Waals surface area contributed by atoms with Crippen LogP contribution in [0.4, 0.5) is 4.79 Å². The standard InChI is InChI=1S/C17H25NO4/c1-2-3-4-5-9-12-15(16(19)20)18-17(21)22-13-14-10-7-6-8-11-14/h6-8,10-11,15H,2-5,9,12-13H2,1H3,(H,18,21)(H,19,20). The normalized spacial score (nSPS) is 11.7. The molecule has 0 bridgehead atoms. The second-order valence-corrected chi connectivity index (χ2v) is 5.30. The maximum absolute atomic E-state index is 11.7. The van der Waals surface area contributed by atoms with E-state index in [9.17, 15) is 9.59 Å². The van der Waals surface area contributed by atoms with Gasteiger partial charge in [0.15, 0.2) is 0 Å². The van der Waals surface area contributed by atoms with Gasteiger partial charge in [0.1, 0.15) is 12.6 Å². The van der Waals surface area contributed by atoms with E-state index in [-0.39, 0.29) is 6.61 Å². The summed E-state index contributed by atoms with van der Waals surface area (Å²) in [5, 5.41) is 11.6. The molecule has 2 N–H and O–H groups in total. The molecular weight excluding hydrogens is 282 g/mol. The van der Waals surface area contributed by atoms with Crippen molar-refractivity contribution in [2.45, 2.75) is 58.1 Å². The van der Waals surface area contributed by atoms with Gasteiger partial charge in [0, 0.05) is 0 Å². The lowest BCUT2D eigenvalue weighted by atomic mass is 10.1. The molecule has 0 aliphatic heterocycles. The molecule has 0 saturated carbocycles. The number of benzene rings is 1. The van der Waals surface area contributed by atoms with E-state index in [1.807, 2.05) is 30.3 Å². The van der Waals surface area contributed by atoms with Crippen LogP contribution in [0, 0.1) is 0 Å². The Morgan fingerprint density at radius 2 is 1.82 bits per heavy atom. The van der Waals surface area contributed by atoms with Gasteiger partial charge in [-0.1, -0.05) is 69.4 Å². The minimum Gasteiger partial charge on any atom is -0.480 e. The van der Waals surface area contributed by atoms with Gasteiger partial charge in [-0.05, 0) is 12.0 Å². The van der Waals surface area contributed by atoms with E-state index < -0.39 is 18.1 Å². The molecule has 0 aromatic heterocycles. The zero-order valence-electron chi connectivity index (χ0n) is 13.1. The van der Waals surface area contributed by atoms with Crippen molar-refractivity contribution >= 4 is 12.1 Å². The first-order valence-corrected chi connectivity index (χ1v) is 7.83. The molecule has 1 aromatic carbocycles. The van der Waals surface area contributed by atoms with Crippen molar-refractivity contribution in [2.75, 3.05) is 0 Å². The quantitative estimate of drug-likeness (QED) is 0.646. The molecule has 1 amide bonds. The number of alkyl carbamates (subject to hydrolysis) is 1. The predicted octanol–water partition coefficient (Wildman–Crippen LogP) is 3.73. The molecule has 5 heteroatoms. The van der Waals surface area contributed by atoms with Gasteiger partial charge in [-0.2, -0.15) is 0 Å². The first-order valence-electron chi connectivity index (χ1n) is 7.83. The minimum absolute atomic E-state index is 0.134. The van der Waals surface area contributed by atoms with Gasteiger partial charge in [-0.25, -0.2) is 9.59 Å². The average molecular weight is 307 g/mol. The SMILES string of the molecule is CCCCCCCC(NC(=O)OCc1ccccc1)C(=O)O. The zero-order valence-corrected chi connectivity index (χ0v) is 13.1. The Labute approximate surface area is 131 Å². The fraction of sp³-hybridized carbons (Fsp3) is 0.529. The molecule has 0 spiro atoms. The van der Waals surface area contributed by atoms with Crippen LogP contribution in [0.5, 0.6) is 0 Å². The van der Waals surface area contributed by atoms with E-state index in [1.54, 1.807) is 0 Å². The molecule has 0 radical (unpaired) electrons. The third-order valence-corrected chi connectivity index (χ3v) is 3.40. The summed E-state index contributed by atoms with van der Waals surface area (Å²) in [6.07, 6.45) is 4.91. The third kappa shape index (κ3) is 7.67. The van der Waals surface area contributed by atoms with E-state index in [2.05, 4.69) is 12.2 Å². The van der Waals surface area contributed by atoms with Crippen LogP contribution >= 0.6 is 0 Å². The first kappa shape index (κ1) is 18.0. The van der Waals surface area contributed by atoms with Crippen molar-refractivity contribution in [3.63, 3.8) is 0 Å². The predicted molar refractivity (Wildman–Crippen MR) is 84.6 cm³/mol. The van der Waals surface area contributed by atoms with Crippen molar-refractivity contribution in [1.29, 1.82) is 0 Å². The summed E-state index contributed by atoms with van der Waals surface area (Å²) in [7, 11) is 0. The summed E-state index contributed by atoms with van der Waals surface area (Å²) in [5.74, 6) is -1.02. The highest BCUT2D eigenvalue weighted by Crippen LogP contribution is 2.08. The van der Waals surface area contributed by atoms with Crippen LogP contribution < -0.4 is 5.32 Å². The number of carboxylic acids is 1. The van der Waals surface area contributed by atoms with Gasteiger partial charge in [-0.3, -0.25) is 0 Å². The maximum Gasteiger partial charge on any atom is 0.408 e. The Bertz CT molecular complexity index is 447. The van der Waals surface area contributed by atoms with Gasteiger partial charge >= 0.3 is 12.1 Å². The van der Waals surface area contributed by atoms with E-state index >= 15 is 0 Å². The van der Waals surface area contributed by atoms with Crippen molar-refractivity contribution in [3.05, 3.63) is 35.9 Å². The molecule has 0 saturated heterocycles. The lowest BCUT2D eigenvalue weighted by Crippen LogP contribution is -2.40. The lowest BCUT2D eigenvalue weighted by Gasteiger charge is -2.14. The Morgan fingerprint density at radius 3 is 2.45 bits per heavy atom. The third-order valence-electron chi connectivity index (χ3n) is 3.40. The fourth-order valence-corrected chi connectivity index (χ4v) is 2.12. The van der Waals surface area contributed by atoms with Crippen LogP contribution in [0.3, 0.4) is 0 Å². The van der Waals surface area contributed by atoms with Crippen molar-refractivity contribution in [1.82, 2.24) is 5.32 Å². The molecular formula is C17H25NO4. The molecule has 0 aliphatic rings. The van der Waals surface area contributed by atoms with Gasteiger partial charge in [0.05, 0.1) is 0 Å². The first-order chi connectivity index (χ1) is 10.6. The number of ether oxygens (including phenoxy) is 1. The second-order valence-electron chi connectivity index (χ2n) is 5.30. The number of amides is 1. The molecule has 1 aromatic rings. The monoisotopic (exact) mass is 307 g/mol. The average Bonchev–Trinajstić information content (AvgIpc) is 2.52. The van der Waals surface area contributed by atoms with Crippen LogP contribution in [-0.4, -0.2) is 23.2 Å². The van der Waals surface area contributed by atoms with Gasteiger partial charge in [0.25, 0.3) is 0 Å². The summed E-state index contributed by atoms with van der Waals surface area (Å²) in [6.45, 7) is 2.26. The van der Waals surface area contributed by atoms with Crippen LogP contribution in [0.15, 0.2) is 30.3 Å². The lowest BCUT2D eigenvalue weighted by molar-refractivity contribution is -0.139. The summed E-state index contributed by atoms with van der Waals surface area (Å²) in [5.41, 5.74) is 0.865. The van der Waals surface area contributed by atoms with E-state index in [4.69, 9.17) is 9.84 Å². The molecule has 0 aliphatic carbocycles. The van der Waals surface area contributed by atoms with Gasteiger partial charge in [0.2, 0.25) is 0 Å². The van der Waals surface area contributed by atoms with Crippen LogP contribution in [-0.2, 0) is 16.1 Å². The summed E-state index contributed by atoms with van der Waals surface area (Å²) >= 11 is 0. The van der Waals surface area contributed by atoms with Crippen molar-refractivity contribution in [2.24, 2.45) is 0 Å². The molecule has 0 fully saturated rings. The maximum atomic E-state index is 11.7. The molecule has 1 rings (SSSR count). The second kappa shape index (κ2) is 10.7. The molecule has 1 unspecified atom stereocenters. The number of carbonyl (C=O) groups excluding carboxylic acids is 1. The Morgan fingerprint density at radius 1 is 1.14 bits per heavy atom. The number of carboxylic acid groups (broad SMARTS) is 1. The highest BCUT2D eigenvalue weighted by Gasteiger charge is 2.20. The fourth-order valence-electron chi connectivity index (χ4n) is 2.12. The van der Waals surface area contributed by atoms with E-state index in [0.29, 0.717) is 6.42 Å². The molecule has 0 heterocycles. The van der Waals surface area contributed by atoms with Crippen molar-refractivity contribution in [3.8, 4) is 0 Å². The van der Waals surface area contributed by atoms with Crippen LogP contribution in [0.2, 0.25) is 0 Å². The topological polar surface area (TPSA) is 75.6 Å². The number of unbranched alkanes of at least 4 members (excludes halogenated alkanes) is 4. The zero-order chi connectivity index (χ0) is 16.2. The Hall–Kier alpha value is -2.04. The van der Waals surface area contributed by atoms with E-state index in [1.165, 1.54) is 0 Å². The highest BCUT2D eigenvalue weighted by atomic mass is 16.5. The summed E-state index contributed by atoms with van der Waals surface area (Å²) < 4.78 is 5.04. The smallest absolute Gasteiger partial charge is 0.408 e. The number of nitrogens with one attached hydrogen (secondary N) is 1. The molecule has 122 valence electrons. The van der Waals surface area contributed by atoms with E-state index in [0.717, 1.165) is 37.7 Å².